The Morgan fingerprint density at radius 2 is 2.00 bits per heavy atom. The van der Waals surface area contributed by atoms with Gasteiger partial charge in [0.2, 0.25) is 5.91 Å². The second kappa shape index (κ2) is 10.2. The third-order valence-corrected chi connectivity index (χ3v) is 3.02. The van der Waals surface area contributed by atoms with Crippen LogP contribution in [0.15, 0.2) is 0 Å². The predicted molar refractivity (Wildman–Crippen MR) is 74.9 cm³/mol. The van der Waals surface area contributed by atoms with Gasteiger partial charge in [0.1, 0.15) is 6.04 Å². The summed E-state index contributed by atoms with van der Waals surface area (Å²) < 4.78 is 0. The molecule has 0 saturated heterocycles. The van der Waals surface area contributed by atoms with Crippen molar-refractivity contribution in [3.8, 4) is 0 Å². The number of hydrogen-bond donors (Lipinski definition) is 3. The molecule has 0 rings (SSSR count). The van der Waals surface area contributed by atoms with Crippen LogP contribution in [0.2, 0.25) is 0 Å². The highest BCUT2D eigenvalue weighted by Crippen LogP contribution is 2.02. The summed E-state index contributed by atoms with van der Waals surface area (Å²) in [6.07, 6.45) is 3.46. The van der Waals surface area contributed by atoms with Crippen molar-refractivity contribution in [2.24, 2.45) is 0 Å². The Kier molecular flexibility index (Phi) is 9.77. The quantitative estimate of drug-likeness (QED) is 0.521. The number of nitrogens with one attached hydrogen (secondary N) is 2. The number of rotatable bonds is 10. The first-order chi connectivity index (χ1) is 8.47. The van der Waals surface area contributed by atoms with E-state index in [4.69, 9.17) is 5.11 Å². The summed E-state index contributed by atoms with van der Waals surface area (Å²) in [5.74, 6) is -0.418. The average Bonchev–Trinajstić information content (AvgIpc) is 2.29. The lowest BCUT2D eigenvalue weighted by atomic mass is 10.2. The van der Waals surface area contributed by atoms with Crippen molar-refractivity contribution in [2.75, 3.05) is 18.6 Å². The van der Waals surface area contributed by atoms with Crippen LogP contribution in [0.5, 0.6) is 0 Å². The van der Waals surface area contributed by atoms with Crippen molar-refractivity contribution in [3.05, 3.63) is 0 Å². The molecule has 1 atom stereocenters. The molecule has 0 aliphatic heterocycles. The highest BCUT2D eigenvalue weighted by molar-refractivity contribution is 7.98. The zero-order chi connectivity index (χ0) is 14.0. The van der Waals surface area contributed by atoms with E-state index in [0.717, 1.165) is 18.7 Å². The molecule has 0 aromatic rings. The molecule has 0 saturated carbocycles. The maximum absolute atomic E-state index is 11.6. The smallest absolute Gasteiger partial charge is 0.326 e. The van der Waals surface area contributed by atoms with Crippen LogP contribution < -0.4 is 10.6 Å². The number of amides is 1. The van der Waals surface area contributed by atoms with E-state index in [9.17, 15) is 9.59 Å². The van der Waals surface area contributed by atoms with Gasteiger partial charge < -0.3 is 15.7 Å². The molecule has 0 aromatic heterocycles. The molecule has 106 valence electrons. The summed E-state index contributed by atoms with van der Waals surface area (Å²) in [5, 5.41) is 14.7. The van der Waals surface area contributed by atoms with Crippen LogP contribution in [-0.2, 0) is 9.59 Å². The number of carbonyl (C=O) groups is 2. The Morgan fingerprint density at radius 3 is 2.50 bits per heavy atom. The maximum Gasteiger partial charge on any atom is 0.326 e. The van der Waals surface area contributed by atoms with Gasteiger partial charge >= 0.3 is 5.97 Å². The van der Waals surface area contributed by atoms with Gasteiger partial charge in [-0.25, -0.2) is 4.79 Å². The molecular weight excluding hydrogens is 252 g/mol. The zero-order valence-electron chi connectivity index (χ0n) is 11.4. The Morgan fingerprint density at radius 1 is 1.33 bits per heavy atom. The largest absolute Gasteiger partial charge is 0.480 e. The van der Waals surface area contributed by atoms with Crippen molar-refractivity contribution >= 4 is 23.6 Å². The van der Waals surface area contributed by atoms with Crippen LogP contribution in [0.25, 0.3) is 0 Å². The fourth-order valence-electron chi connectivity index (χ4n) is 1.40. The Balaban J connectivity index is 3.84. The van der Waals surface area contributed by atoms with E-state index in [0.29, 0.717) is 18.9 Å². The van der Waals surface area contributed by atoms with Gasteiger partial charge in [-0.2, -0.15) is 11.8 Å². The molecule has 0 fully saturated rings. The molecule has 1 unspecified atom stereocenters. The molecule has 18 heavy (non-hydrogen) atoms. The van der Waals surface area contributed by atoms with Crippen molar-refractivity contribution < 1.29 is 14.7 Å². The highest BCUT2D eigenvalue weighted by atomic mass is 32.2. The van der Waals surface area contributed by atoms with E-state index in [1.807, 2.05) is 20.1 Å². The van der Waals surface area contributed by atoms with Crippen molar-refractivity contribution in [3.63, 3.8) is 0 Å². The van der Waals surface area contributed by atoms with E-state index in [1.165, 1.54) is 0 Å². The molecule has 0 aliphatic rings. The van der Waals surface area contributed by atoms with E-state index in [2.05, 4.69) is 10.6 Å². The first kappa shape index (κ1) is 17.2. The minimum absolute atomic E-state index is 0.186. The van der Waals surface area contributed by atoms with E-state index < -0.39 is 12.0 Å². The lowest BCUT2D eigenvalue weighted by molar-refractivity contribution is -0.141. The molecule has 0 heterocycles. The minimum atomic E-state index is -0.960. The number of carbonyl (C=O) groups excluding carboxylic acids is 1. The minimum Gasteiger partial charge on any atom is -0.480 e. The van der Waals surface area contributed by atoms with Crippen LogP contribution in [0, 0.1) is 0 Å². The fourth-order valence-corrected chi connectivity index (χ4v) is 1.87. The summed E-state index contributed by atoms with van der Waals surface area (Å²) in [7, 11) is 0. The van der Waals surface area contributed by atoms with Gasteiger partial charge in [-0.1, -0.05) is 13.8 Å². The molecule has 0 spiro atoms. The van der Waals surface area contributed by atoms with Crippen molar-refractivity contribution in [1.82, 2.24) is 10.6 Å². The normalized spacial score (nSPS) is 12.4. The molecule has 0 aromatic carbocycles. The third kappa shape index (κ3) is 9.30. The standard InChI is InChI=1S/C12H24N2O3S/c1-9(2)13-7-4-5-11(15)14-10(12(16)17)6-8-18-3/h9-10,13H,4-8H2,1-3H3,(H,14,15)(H,16,17). The maximum atomic E-state index is 11.6. The van der Waals surface area contributed by atoms with Crippen LogP contribution >= 0.6 is 11.8 Å². The van der Waals surface area contributed by atoms with E-state index in [-0.39, 0.29) is 5.91 Å². The lowest BCUT2D eigenvalue weighted by Crippen LogP contribution is -2.41. The molecule has 5 nitrogen and oxygen atoms in total. The summed E-state index contributed by atoms with van der Waals surface area (Å²) in [6, 6.07) is -0.357. The number of thioether (sulfide) groups is 1. The second-order valence-electron chi connectivity index (χ2n) is 4.45. The summed E-state index contributed by atoms with van der Waals surface area (Å²) in [6.45, 7) is 4.86. The average molecular weight is 276 g/mol. The van der Waals surface area contributed by atoms with Gasteiger partial charge in [0, 0.05) is 12.5 Å². The number of carboxylic acid groups (broad SMARTS) is 1. The van der Waals surface area contributed by atoms with Gasteiger partial charge in [-0.05, 0) is 31.4 Å². The van der Waals surface area contributed by atoms with Gasteiger partial charge in [-0.3, -0.25) is 4.79 Å². The predicted octanol–water partition coefficient (Wildman–Crippen LogP) is 1.09. The Bertz CT molecular complexity index is 260. The highest BCUT2D eigenvalue weighted by Gasteiger charge is 2.18. The lowest BCUT2D eigenvalue weighted by Gasteiger charge is -2.14. The van der Waals surface area contributed by atoms with E-state index >= 15 is 0 Å². The van der Waals surface area contributed by atoms with Gasteiger partial charge in [0.25, 0.3) is 0 Å². The fraction of sp³-hybridized carbons (Fsp3) is 0.833. The Hall–Kier alpha value is -0.750. The number of hydrogen-bond acceptors (Lipinski definition) is 4. The molecule has 0 aliphatic carbocycles. The van der Waals surface area contributed by atoms with Crippen LogP contribution in [0.3, 0.4) is 0 Å². The summed E-state index contributed by atoms with van der Waals surface area (Å²) in [4.78, 5) is 22.5. The third-order valence-electron chi connectivity index (χ3n) is 2.38. The SMILES string of the molecule is CSCCC(NC(=O)CCCNC(C)C)C(=O)O. The number of aliphatic carboxylic acids is 1. The molecular formula is C12H24N2O3S. The van der Waals surface area contributed by atoms with Crippen LogP contribution in [-0.4, -0.2) is 47.6 Å². The molecule has 0 bridgehead atoms. The molecule has 6 heteroatoms. The van der Waals surface area contributed by atoms with Gasteiger partial charge in [0.05, 0.1) is 0 Å². The van der Waals surface area contributed by atoms with E-state index in [1.54, 1.807) is 11.8 Å². The van der Waals surface area contributed by atoms with Crippen molar-refractivity contribution in [1.29, 1.82) is 0 Å². The molecule has 3 N–H and O–H groups in total. The monoisotopic (exact) mass is 276 g/mol. The number of carboxylic acids is 1. The first-order valence-electron chi connectivity index (χ1n) is 6.21. The van der Waals surface area contributed by atoms with Crippen LogP contribution in [0.1, 0.15) is 33.1 Å². The topological polar surface area (TPSA) is 78.4 Å². The van der Waals surface area contributed by atoms with Crippen LogP contribution in [0.4, 0.5) is 0 Å². The summed E-state index contributed by atoms with van der Waals surface area (Å²) in [5.41, 5.74) is 0. The Labute approximate surface area is 113 Å². The zero-order valence-corrected chi connectivity index (χ0v) is 12.2. The van der Waals surface area contributed by atoms with Gasteiger partial charge in [0.15, 0.2) is 0 Å². The molecule has 0 radical (unpaired) electrons. The second-order valence-corrected chi connectivity index (χ2v) is 5.44. The van der Waals surface area contributed by atoms with Crippen molar-refractivity contribution in [2.45, 2.75) is 45.2 Å². The van der Waals surface area contributed by atoms with Gasteiger partial charge in [-0.15, -0.1) is 0 Å². The summed E-state index contributed by atoms with van der Waals surface area (Å²) >= 11 is 1.57. The molecule has 1 amide bonds. The first-order valence-corrected chi connectivity index (χ1v) is 7.61.